The second-order valence-corrected chi connectivity index (χ2v) is 4.13. The minimum absolute atomic E-state index is 0.0268. The van der Waals surface area contributed by atoms with E-state index in [1.165, 1.54) is 0 Å². The second kappa shape index (κ2) is 6.86. The van der Waals surface area contributed by atoms with E-state index in [2.05, 4.69) is 19.1 Å². The molecule has 0 aromatic carbocycles. The Morgan fingerprint density at radius 2 is 2.19 bits per heavy atom. The third-order valence-electron chi connectivity index (χ3n) is 2.43. The predicted molar refractivity (Wildman–Crippen MR) is 65.6 cm³/mol. The first kappa shape index (κ1) is 14.5. The van der Waals surface area contributed by atoms with E-state index in [1.807, 2.05) is 26.2 Å². The van der Waals surface area contributed by atoms with Crippen molar-refractivity contribution in [2.24, 2.45) is 0 Å². The van der Waals surface area contributed by atoms with Gasteiger partial charge in [-0.3, -0.25) is 0 Å². The van der Waals surface area contributed by atoms with Gasteiger partial charge in [0.15, 0.2) is 13.2 Å². The number of nitrogens with zero attached hydrogens (tertiary/aromatic N) is 1. The summed E-state index contributed by atoms with van der Waals surface area (Å²) in [7, 11) is 3.90. The number of esters is 1. The average Bonchev–Trinajstić information content (AvgIpc) is 2.22. The quantitative estimate of drug-likeness (QED) is 0.281. The summed E-state index contributed by atoms with van der Waals surface area (Å²) in [6.07, 6.45) is 9.44. The molecule has 0 aliphatic carbocycles. The Labute approximate surface area is 98.0 Å². The van der Waals surface area contributed by atoms with Gasteiger partial charge in [0.1, 0.15) is 6.04 Å². The SMILES string of the molecule is C#CCOC(=O)C[N+](C)(C)[C@H](C=C)CC=C. The van der Waals surface area contributed by atoms with E-state index >= 15 is 0 Å². The van der Waals surface area contributed by atoms with E-state index in [4.69, 9.17) is 11.2 Å². The van der Waals surface area contributed by atoms with E-state index in [-0.39, 0.29) is 25.2 Å². The molecule has 0 heterocycles. The van der Waals surface area contributed by atoms with Crippen LogP contribution < -0.4 is 0 Å². The Bertz CT molecular complexity index is 300. The summed E-state index contributed by atoms with van der Waals surface area (Å²) in [4.78, 5) is 11.4. The van der Waals surface area contributed by atoms with Crippen LogP contribution in [0.25, 0.3) is 0 Å². The van der Waals surface area contributed by atoms with Crippen molar-refractivity contribution in [3.05, 3.63) is 25.3 Å². The molecule has 0 aliphatic heterocycles. The zero-order valence-corrected chi connectivity index (χ0v) is 10.1. The smallest absolute Gasteiger partial charge is 0.362 e. The molecule has 1 atom stereocenters. The van der Waals surface area contributed by atoms with Crippen LogP contribution in [0.4, 0.5) is 0 Å². The molecule has 0 aromatic heterocycles. The van der Waals surface area contributed by atoms with E-state index in [0.717, 1.165) is 6.42 Å². The van der Waals surface area contributed by atoms with Gasteiger partial charge in [-0.25, -0.2) is 4.79 Å². The van der Waals surface area contributed by atoms with Crippen LogP contribution in [0.2, 0.25) is 0 Å². The van der Waals surface area contributed by atoms with E-state index in [9.17, 15) is 4.79 Å². The van der Waals surface area contributed by atoms with Crippen LogP contribution in [0.3, 0.4) is 0 Å². The van der Waals surface area contributed by atoms with Gasteiger partial charge in [0.05, 0.1) is 14.1 Å². The monoisotopic (exact) mass is 222 g/mol. The first-order valence-corrected chi connectivity index (χ1v) is 5.13. The molecule has 0 spiro atoms. The fourth-order valence-corrected chi connectivity index (χ4v) is 1.46. The van der Waals surface area contributed by atoms with Gasteiger partial charge < -0.3 is 9.22 Å². The minimum Gasteiger partial charge on any atom is -0.448 e. The maximum absolute atomic E-state index is 11.4. The Morgan fingerprint density at radius 1 is 1.56 bits per heavy atom. The fraction of sp³-hybridized carbons (Fsp3) is 0.462. The lowest BCUT2D eigenvalue weighted by Crippen LogP contribution is -2.51. The standard InChI is InChI=1S/C13H20NO2/c1-6-9-12(8-3)14(4,5)11-13(15)16-10-7-2/h2,6,8,12H,1,3,9-11H2,4-5H3/q+1/t12-/m1/s1. The molecule has 0 aromatic rings. The first-order valence-electron chi connectivity index (χ1n) is 5.13. The highest BCUT2D eigenvalue weighted by Crippen LogP contribution is 2.12. The summed E-state index contributed by atoms with van der Waals surface area (Å²) < 4.78 is 5.33. The highest BCUT2D eigenvalue weighted by atomic mass is 16.5. The van der Waals surface area contributed by atoms with Crippen molar-refractivity contribution in [3.63, 3.8) is 0 Å². The molecule has 3 heteroatoms. The lowest BCUT2D eigenvalue weighted by molar-refractivity contribution is -0.901. The van der Waals surface area contributed by atoms with Gasteiger partial charge in [0.2, 0.25) is 0 Å². The van der Waals surface area contributed by atoms with Crippen LogP contribution in [0.15, 0.2) is 25.3 Å². The molecule has 0 N–H and O–H groups in total. The van der Waals surface area contributed by atoms with Gasteiger partial charge in [-0.1, -0.05) is 18.6 Å². The van der Waals surface area contributed by atoms with Crippen molar-refractivity contribution in [1.82, 2.24) is 0 Å². The number of quaternary nitrogens is 1. The van der Waals surface area contributed by atoms with Gasteiger partial charge in [-0.2, -0.15) is 0 Å². The molecule has 16 heavy (non-hydrogen) atoms. The highest BCUT2D eigenvalue weighted by molar-refractivity contribution is 5.70. The van der Waals surface area contributed by atoms with Crippen molar-refractivity contribution in [2.75, 3.05) is 27.2 Å². The number of terminal acetylenes is 1. The first-order chi connectivity index (χ1) is 7.47. The summed E-state index contributed by atoms with van der Waals surface area (Å²) >= 11 is 0. The van der Waals surface area contributed by atoms with Gasteiger partial charge in [0, 0.05) is 6.42 Å². The van der Waals surface area contributed by atoms with Crippen LogP contribution in [0, 0.1) is 12.3 Å². The van der Waals surface area contributed by atoms with E-state index in [0.29, 0.717) is 4.48 Å². The average molecular weight is 222 g/mol. The number of carbonyl (C=O) groups is 1. The number of ether oxygens (including phenoxy) is 1. The molecule has 88 valence electrons. The zero-order chi connectivity index (χ0) is 12.6. The van der Waals surface area contributed by atoms with Crippen LogP contribution in [0.1, 0.15) is 6.42 Å². The summed E-state index contributed by atoms with van der Waals surface area (Å²) in [5.74, 6) is 1.97. The number of rotatable bonds is 7. The lowest BCUT2D eigenvalue weighted by atomic mass is 10.1. The molecule has 0 saturated carbocycles. The third-order valence-corrected chi connectivity index (χ3v) is 2.43. The molecule has 0 rings (SSSR count). The molecule has 0 unspecified atom stereocenters. The number of likely N-dealkylation sites (N-methyl/N-ethyl adjacent to an activating group) is 1. The molecule has 0 fully saturated rings. The van der Waals surface area contributed by atoms with Crippen molar-refractivity contribution in [3.8, 4) is 12.3 Å². The normalized spacial score (nSPS) is 12.3. The second-order valence-electron chi connectivity index (χ2n) is 4.13. The van der Waals surface area contributed by atoms with Gasteiger partial charge in [-0.15, -0.1) is 13.0 Å². The minimum atomic E-state index is -0.293. The largest absolute Gasteiger partial charge is 0.448 e. The molecule has 0 bridgehead atoms. The van der Waals surface area contributed by atoms with E-state index in [1.54, 1.807) is 0 Å². The Balaban J connectivity index is 4.41. The van der Waals surface area contributed by atoms with E-state index < -0.39 is 0 Å². The summed E-state index contributed by atoms with van der Waals surface area (Å²) in [5, 5.41) is 0. The van der Waals surface area contributed by atoms with Crippen LogP contribution in [-0.2, 0) is 9.53 Å². The third kappa shape index (κ3) is 4.81. The van der Waals surface area contributed by atoms with Crippen LogP contribution in [0.5, 0.6) is 0 Å². The molecular formula is C13H20NO2+. The summed E-state index contributed by atoms with van der Waals surface area (Å²) in [6.45, 7) is 7.75. The number of hydrogen-bond donors (Lipinski definition) is 0. The molecular weight excluding hydrogens is 202 g/mol. The maximum atomic E-state index is 11.4. The summed E-state index contributed by atoms with van der Waals surface area (Å²) in [6, 6.07) is 0.149. The molecule has 0 amide bonds. The molecule has 0 aliphatic rings. The van der Waals surface area contributed by atoms with Crippen molar-refractivity contribution in [2.45, 2.75) is 12.5 Å². The van der Waals surface area contributed by atoms with Crippen LogP contribution in [-0.4, -0.2) is 43.7 Å². The van der Waals surface area contributed by atoms with Gasteiger partial charge in [-0.05, 0) is 6.08 Å². The molecule has 0 saturated heterocycles. The van der Waals surface area contributed by atoms with Crippen molar-refractivity contribution < 1.29 is 14.0 Å². The number of carbonyl (C=O) groups excluding carboxylic acids is 1. The fourth-order valence-electron chi connectivity index (χ4n) is 1.46. The zero-order valence-electron chi connectivity index (χ0n) is 10.1. The summed E-state index contributed by atoms with van der Waals surface area (Å²) in [5.41, 5.74) is 0. The Hall–Kier alpha value is -1.53. The lowest BCUT2D eigenvalue weighted by Gasteiger charge is -2.34. The van der Waals surface area contributed by atoms with Crippen molar-refractivity contribution >= 4 is 5.97 Å². The van der Waals surface area contributed by atoms with Crippen molar-refractivity contribution in [1.29, 1.82) is 0 Å². The predicted octanol–water partition coefficient (Wildman–Crippen LogP) is 1.37. The highest BCUT2D eigenvalue weighted by Gasteiger charge is 2.28. The number of hydrogen-bond acceptors (Lipinski definition) is 2. The maximum Gasteiger partial charge on any atom is 0.362 e. The Morgan fingerprint density at radius 3 is 2.62 bits per heavy atom. The topological polar surface area (TPSA) is 26.3 Å². The Kier molecular flexibility index (Phi) is 6.21. The molecule has 0 radical (unpaired) electrons. The van der Waals surface area contributed by atoms with Gasteiger partial charge in [0.25, 0.3) is 0 Å². The van der Waals surface area contributed by atoms with Gasteiger partial charge >= 0.3 is 5.97 Å². The van der Waals surface area contributed by atoms with Crippen LogP contribution >= 0.6 is 0 Å². The molecule has 3 nitrogen and oxygen atoms in total.